The molecular formula is C10H14BrN3O2. The zero-order chi connectivity index (χ0) is 12.1. The lowest BCUT2D eigenvalue weighted by Crippen LogP contribution is -2.36. The lowest BCUT2D eigenvalue weighted by molar-refractivity contribution is -0.117. The largest absolute Gasteiger partial charge is 0.365 e. The molecule has 0 saturated heterocycles. The summed E-state index contributed by atoms with van der Waals surface area (Å²) in [6, 6.07) is -0.580. The van der Waals surface area contributed by atoms with Gasteiger partial charge in [-0.15, -0.1) is 0 Å². The molecule has 0 aromatic carbocycles. The Morgan fingerprint density at radius 3 is 2.94 bits per heavy atom. The van der Waals surface area contributed by atoms with Crippen LogP contribution in [0.2, 0.25) is 0 Å². The Labute approximate surface area is 102 Å². The van der Waals surface area contributed by atoms with Crippen molar-refractivity contribution >= 4 is 27.5 Å². The Balaban J connectivity index is 2.77. The predicted octanol–water partition coefficient (Wildman–Crippen LogP) is 1.20. The van der Waals surface area contributed by atoms with Crippen LogP contribution in [-0.2, 0) is 4.79 Å². The highest BCUT2D eigenvalue weighted by molar-refractivity contribution is 9.10. The quantitative estimate of drug-likeness (QED) is 0.778. The van der Waals surface area contributed by atoms with Gasteiger partial charge in [0, 0.05) is 12.4 Å². The van der Waals surface area contributed by atoms with Crippen LogP contribution in [0.25, 0.3) is 0 Å². The summed E-state index contributed by atoms with van der Waals surface area (Å²) in [6.07, 6.45) is 4.36. The summed E-state index contributed by atoms with van der Waals surface area (Å²) in [5.74, 6) is -0.342. The van der Waals surface area contributed by atoms with Crippen molar-refractivity contribution in [2.24, 2.45) is 5.73 Å². The number of carbonyl (C=O) groups is 1. The summed E-state index contributed by atoms with van der Waals surface area (Å²) < 4.78 is 0.370. The van der Waals surface area contributed by atoms with E-state index in [0.29, 0.717) is 10.9 Å². The molecule has 0 saturated carbocycles. The minimum Gasteiger partial charge on any atom is -0.365 e. The van der Waals surface area contributed by atoms with Gasteiger partial charge in [-0.1, -0.05) is 13.3 Å². The maximum atomic E-state index is 11.6. The summed E-state index contributed by atoms with van der Waals surface area (Å²) in [4.78, 5) is 25.9. The molecule has 0 aliphatic heterocycles. The molecule has 0 fully saturated rings. The first-order valence-electron chi connectivity index (χ1n) is 4.99. The lowest BCUT2D eigenvalue weighted by Gasteiger charge is -2.10. The Morgan fingerprint density at radius 1 is 1.62 bits per heavy atom. The zero-order valence-corrected chi connectivity index (χ0v) is 10.5. The molecule has 5 nitrogen and oxygen atoms in total. The maximum absolute atomic E-state index is 11.6. The smallest absolute Gasteiger partial charge is 0.241 e. The molecule has 88 valence electrons. The van der Waals surface area contributed by atoms with E-state index in [1.54, 1.807) is 0 Å². The number of hydrogen-bond donors (Lipinski definition) is 3. The Kier molecular flexibility index (Phi) is 4.70. The average Bonchev–Trinajstić information content (AvgIpc) is 2.25. The Morgan fingerprint density at radius 2 is 2.31 bits per heavy atom. The van der Waals surface area contributed by atoms with Crippen LogP contribution in [0.15, 0.2) is 21.7 Å². The maximum Gasteiger partial charge on any atom is 0.241 e. The van der Waals surface area contributed by atoms with Gasteiger partial charge >= 0.3 is 0 Å². The number of aromatic nitrogens is 1. The molecule has 0 spiro atoms. The van der Waals surface area contributed by atoms with Gasteiger partial charge in [0.05, 0.1) is 10.5 Å². The van der Waals surface area contributed by atoms with Crippen LogP contribution >= 0.6 is 15.9 Å². The third-order valence-corrected chi connectivity index (χ3v) is 2.68. The number of H-pyrrole nitrogens is 1. The molecule has 0 bridgehead atoms. The van der Waals surface area contributed by atoms with Gasteiger partial charge in [0.25, 0.3) is 0 Å². The van der Waals surface area contributed by atoms with E-state index in [1.807, 2.05) is 6.92 Å². The fourth-order valence-electron chi connectivity index (χ4n) is 1.22. The number of halogens is 1. The van der Waals surface area contributed by atoms with Crippen LogP contribution in [0, 0.1) is 0 Å². The molecule has 0 aliphatic carbocycles. The highest BCUT2D eigenvalue weighted by atomic mass is 79.9. The summed E-state index contributed by atoms with van der Waals surface area (Å²) in [5.41, 5.74) is 5.56. The molecule has 6 heteroatoms. The van der Waals surface area contributed by atoms with Gasteiger partial charge in [-0.05, 0) is 22.4 Å². The van der Waals surface area contributed by atoms with Gasteiger partial charge in [0.2, 0.25) is 11.3 Å². The second-order valence-corrected chi connectivity index (χ2v) is 4.28. The summed E-state index contributed by atoms with van der Waals surface area (Å²) >= 11 is 3.08. The normalized spacial score (nSPS) is 12.2. The molecule has 1 heterocycles. The molecule has 16 heavy (non-hydrogen) atoms. The Hall–Kier alpha value is -1.14. The van der Waals surface area contributed by atoms with Crippen molar-refractivity contribution in [2.75, 3.05) is 5.32 Å². The van der Waals surface area contributed by atoms with Gasteiger partial charge in [0.15, 0.2) is 0 Å². The van der Waals surface area contributed by atoms with Crippen molar-refractivity contribution in [2.45, 2.75) is 25.8 Å². The summed E-state index contributed by atoms with van der Waals surface area (Å²) in [5, 5.41) is 2.50. The first-order chi connectivity index (χ1) is 7.56. The van der Waals surface area contributed by atoms with E-state index < -0.39 is 6.04 Å². The highest BCUT2D eigenvalue weighted by Crippen LogP contribution is 2.06. The van der Waals surface area contributed by atoms with E-state index in [-0.39, 0.29) is 17.0 Å². The van der Waals surface area contributed by atoms with Gasteiger partial charge in [-0.3, -0.25) is 9.59 Å². The molecule has 1 amide bonds. The molecular weight excluding hydrogens is 274 g/mol. The summed E-state index contributed by atoms with van der Waals surface area (Å²) in [7, 11) is 0. The molecule has 1 rings (SSSR count). The molecule has 0 aliphatic rings. The Bertz CT molecular complexity index is 430. The highest BCUT2D eigenvalue weighted by Gasteiger charge is 2.14. The van der Waals surface area contributed by atoms with Crippen molar-refractivity contribution in [3.63, 3.8) is 0 Å². The average molecular weight is 288 g/mol. The van der Waals surface area contributed by atoms with Crippen molar-refractivity contribution in [3.05, 3.63) is 27.1 Å². The number of anilines is 1. The lowest BCUT2D eigenvalue weighted by atomic mass is 10.1. The van der Waals surface area contributed by atoms with Crippen molar-refractivity contribution in [1.82, 2.24) is 4.98 Å². The first-order valence-corrected chi connectivity index (χ1v) is 5.78. The fourth-order valence-corrected chi connectivity index (χ4v) is 1.56. The number of carbonyl (C=O) groups excluding carboxylic acids is 1. The molecule has 1 aromatic heterocycles. The number of nitrogens with two attached hydrogens (primary N) is 1. The van der Waals surface area contributed by atoms with Crippen molar-refractivity contribution in [1.29, 1.82) is 0 Å². The third-order valence-electron chi connectivity index (χ3n) is 2.09. The number of amides is 1. The van der Waals surface area contributed by atoms with Crippen LogP contribution in [0.3, 0.4) is 0 Å². The standard InChI is InChI=1S/C10H14BrN3O2/c1-2-3-7(12)10(16)14-8-5-13-4-6(11)9(8)15/h4-5,7H,2-3,12H2,1H3,(H,13,15)(H,14,16). The number of aromatic amines is 1. The zero-order valence-electron chi connectivity index (χ0n) is 8.92. The van der Waals surface area contributed by atoms with E-state index in [4.69, 9.17) is 5.73 Å². The molecule has 1 unspecified atom stereocenters. The topological polar surface area (TPSA) is 88.0 Å². The van der Waals surface area contributed by atoms with Crippen molar-refractivity contribution < 1.29 is 4.79 Å². The molecule has 1 aromatic rings. The predicted molar refractivity (Wildman–Crippen MR) is 66.3 cm³/mol. The number of nitrogens with one attached hydrogen (secondary N) is 2. The van der Waals surface area contributed by atoms with Gasteiger partial charge < -0.3 is 16.0 Å². The van der Waals surface area contributed by atoms with Crippen molar-refractivity contribution in [3.8, 4) is 0 Å². The van der Waals surface area contributed by atoms with Gasteiger partial charge in [-0.2, -0.15) is 0 Å². The number of pyridine rings is 1. The minimum absolute atomic E-state index is 0.200. The van der Waals surface area contributed by atoms with E-state index in [2.05, 4.69) is 26.2 Å². The first kappa shape index (κ1) is 12.9. The van der Waals surface area contributed by atoms with Crippen LogP contribution in [-0.4, -0.2) is 16.9 Å². The number of hydrogen-bond acceptors (Lipinski definition) is 3. The summed E-state index contributed by atoms with van der Waals surface area (Å²) in [6.45, 7) is 1.94. The SMILES string of the molecule is CCCC(N)C(=O)Nc1c[nH]cc(Br)c1=O. The third kappa shape index (κ3) is 3.18. The van der Waals surface area contributed by atoms with Crippen LogP contribution < -0.4 is 16.5 Å². The minimum atomic E-state index is -0.580. The van der Waals surface area contributed by atoms with Gasteiger partial charge in [-0.25, -0.2) is 0 Å². The van der Waals surface area contributed by atoms with Gasteiger partial charge in [0.1, 0.15) is 5.69 Å². The number of rotatable bonds is 4. The van der Waals surface area contributed by atoms with Crippen LogP contribution in [0.4, 0.5) is 5.69 Å². The fraction of sp³-hybridized carbons (Fsp3) is 0.400. The van der Waals surface area contributed by atoms with Crippen LogP contribution in [0.5, 0.6) is 0 Å². The monoisotopic (exact) mass is 287 g/mol. The van der Waals surface area contributed by atoms with Crippen LogP contribution in [0.1, 0.15) is 19.8 Å². The van der Waals surface area contributed by atoms with E-state index in [0.717, 1.165) is 6.42 Å². The van der Waals surface area contributed by atoms with E-state index >= 15 is 0 Å². The molecule has 0 radical (unpaired) electrons. The molecule has 4 N–H and O–H groups in total. The second kappa shape index (κ2) is 5.81. The van der Waals surface area contributed by atoms with E-state index in [9.17, 15) is 9.59 Å². The molecule has 1 atom stereocenters. The van der Waals surface area contributed by atoms with E-state index in [1.165, 1.54) is 12.4 Å². The second-order valence-electron chi connectivity index (χ2n) is 3.43.